The van der Waals surface area contributed by atoms with Gasteiger partial charge in [0.05, 0.1) is 12.2 Å². The molecule has 104 valence electrons. The summed E-state index contributed by atoms with van der Waals surface area (Å²) in [6.45, 7) is 4.17. The Kier molecular flexibility index (Phi) is 6.64. The van der Waals surface area contributed by atoms with E-state index in [2.05, 4.69) is 6.58 Å². The highest BCUT2D eigenvalue weighted by molar-refractivity contribution is 5.88. The molecule has 0 amide bonds. The summed E-state index contributed by atoms with van der Waals surface area (Å²) in [5.74, 6) is -1.67. The predicted octanol–water partition coefficient (Wildman–Crippen LogP) is 4.04. The molecular weight excluding hydrogens is 247 g/mol. The van der Waals surface area contributed by atoms with Gasteiger partial charge in [-0.05, 0) is 31.4 Å². The standard InChI is InChI=1S/C15H19FO3/c1-2-3-4-5-6-7-10-19-12-8-9-13(15(17)18)14(16)11-12/h2,8-9,11H,1,3-7,10H2,(H,17,18). The number of hydrogen-bond donors (Lipinski definition) is 1. The van der Waals surface area contributed by atoms with Gasteiger partial charge >= 0.3 is 5.97 Å². The fourth-order valence-electron chi connectivity index (χ4n) is 1.69. The smallest absolute Gasteiger partial charge is 0.338 e. The third-order valence-electron chi connectivity index (χ3n) is 2.74. The Balaban J connectivity index is 2.28. The van der Waals surface area contributed by atoms with Gasteiger partial charge in [0, 0.05) is 6.07 Å². The van der Waals surface area contributed by atoms with Gasteiger partial charge in [0.1, 0.15) is 11.6 Å². The molecular formula is C15H19FO3. The molecule has 0 aliphatic rings. The van der Waals surface area contributed by atoms with E-state index in [1.807, 2.05) is 6.08 Å². The minimum atomic E-state index is -1.27. The Bertz CT molecular complexity index is 429. The lowest BCUT2D eigenvalue weighted by Gasteiger charge is -2.07. The van der Waals surface area contributed by atoms with Crippen LogP contribution in [-0.4, -0.2) is 17.7 Å². The quantitative estimate of drug-likeness (QED) is 0.542. The molecule has 0 aliphatic carbocycles. The van der Waals surface area contributed by atoms with Crippen LogP contribution in [0, 0.1) is 5.82 Å². The van der Waals surface area contributed by atoms with Crippen molar-refractivity contribution in [3.63, 3.8) is 0 Å². The molecule has 0 spiro atoms. The second kappa shape index (κ2) is 8.29. The summed E-state index contributed by atoms with van der Waals surface area (Å²) in [6.07, 6.45) is 7.15. The van der Waals surface area contributed by atoms with Crippen molar-refractivity contribution in [2.75, 3.05) is 6.61 Å². The van der Waals surface area contributed by atoms with Gasteiger partial charge in [0.15, 0.2) is 0 Å². The molecule has 0 heterocycles. The third-order valence-corrected chi connectivity index (χ3v) is 2.74. The topological polar surface area (TPSA) is 46.5 Å². The van der Waals surface area contributed by atoms with Crippen molar-refractivity contribution >= 4 is 5.97 Å². The van der Waals surface area contributed by atoms with Gasteiger partial charge in [-0.15, -0.1) is 6.58 Å². The monoisotopic (exact) mass is 266 g/mol. The van der Waals surface area contributed by atoms with E-state index in [0.29, 0.717) is 12.4 Å². The molecule has 1 aromatic rings. The van der Waals surface area contributed by atoms with Crippen LogP contribution in [0.3, 0.4) is 0 Å². The molecule has 0 radical (unpaired) electrons. The highest BCUT2D eigenvalue weighted by atomic mass is 19.1. The molecule has 1 aromatic carbocycles. The van der Waals surface area contributed by atoms with Crippen molar-refractivity contribution in [3.8, 4) is 5.75 Å². The van der Waals surface area contributed by atoms with Crippen LogP contribution in [0.15, 0.2) is 30.9 Å². The van der Waals surface area contributed by atoms with Crippen LogP contribution in [0.1, 0.15) is 42.5 Å². The second-order valence-corrected chi connectivity index (χ2v) is 4.29. The summed E-state index contributed by atoms with van der Waals surface area (Å²) in [6, 6.07) is 3.81. The first-order valence-electron chi connectivity index (χ1n) is 6.41. The maximum atomic E-state index is 13.3. The summed E-state index contributed by atoms with van der Waals surface area (Å²) < 4.78 is 18.7. The Morgan fingerprint density at radius 1 is 1.32 bits per heavy atom. The van der Waals surface area contributed by atoms with Crippen molar-refractivity contribution in [2.24, 2.45) is 0 Å². The maximum absolute atomic E-state index is 13.3. The molecule has 0 saturated heterocycles. The van der Waals surface area contributed by atoms with E-state index in [9.17, 15) is 9.18 Å². The number of ether oxygens (including phenoxy) is 1. The molecule has 0 saturated carbocycles. The summed E-state index contributed by atoms with van der Waals surface area (Å²) in [5.41, 5.74) is -0.336. The van der Waals surface area contributed by atoms with Crippen LogP contribution in [0.5, 0.6) is 5.75 Å². The number of hydrogen-bond acceptors (Lipinski definition) is 2. The highest BCUT2D eigenvalue weighted by Gasteiger charge is 2.10. The molecule has 4 heteroatoms. The Hall–Kier alpha value is -1.84. The van der Waals surface area contributed by atoms with Gasteiger partial charge in [-0.3, -0.25) is 0 Å². The Labute approximate surface area is 112 Å². The second-order valence-electron chi connectivity index (χ2n) is 4.29. The lowest BCUT2D eigenvalue weighted by molar-refractivity contribution is 0.0692. The predicted molar refractivity (Wildman–Crippen MR) is 72.1 cm³/mol. The first-order valence-corrected chi connectivity index (χ1v) is 6.41. The molecule has 19 heavy (non-hydrogen) atoms. The van der Waals surface area contributed by atoms with Gasteiger partial charge in [-0.25, -0.2) is 9.18 Å². The fourth-order valence-corrected chi connectivity index (χ4v) is 1.69. The minimum absolute atomic E-state index is 0.336. The average molecular weight is 266 g/mol. The van der Waals surface area contributed by atoms with E-state index in [-0.39, 0.29) is 5.56 Å². The number of carboxylic acid groups (broad SMARTS) is 1. The molecule has 0 aromatic heterocycles. The molecule has 0 unspecified atom stereocenters. The van der Waals surface area contributed by atoms with Crippen LogP contribution in [0.2, 0.25) is 0 Å². The number of halogens is 1. The minimum Gasteiger partial charge on any atom is -0.493 e. The van der Waals surface area contributed by atoms with Crippen LogP contribution >= 0.6 is 0 Å². The van der Waals surface area contributed by atoms with Gasteiger partial charge < -0.3 is 9.84 Å². The summed E-state index contributed by atoms with van der Waals surface area (Å²) in [4.78, 5) is 10.6. The molecule has 1 N–H and O–H groups in total. The number of carboxylic acids is 1. The lowest BCUT2D eigenvalue weighted by atomic mass is 10.1. The van der Waals surface area contributed by atoms with Crippen molar-refractivity contribution in [1.82, 2.24) is 0 Å². The lowest BCUT2D eigenvalue weighted by Crippen LogP contribution is -2.02. The number of benzene rings is 1. The van der Waals surface area contributed by atoms with Gasteiger partial charge in [0.25, 0.3) is 0 Å². The number of unbranched alkanes of at least 4 members (excludes halogenated alkanes) is 4. The Morgan fingerprint density at radius 3 is 2.68 bits per heavy atom. The third kappa shape index (κ3) is 5.55. The molecule has 0 aliphatic heterocycles. The average Bonchev–Trinajstić information content (AvgIpc) is 2.37. The normalized spacial score (nSPS) is 10.2. The summed E-state index contributed by atoms with van der Waals surface area (Å²) in [7, 11) is 0. The van der Waals surface area contributed by atoms with Crippen molar-refractivity contribution in [3.05, 3.63) is 42.2 Å². The van der Waals surface area contributed by atoms with Crippen molar-refractivity contribution in [2.45, 2.75) is 32.1 Å². The largest absolute Gasteiger partial charge is 0.493 e. The molecule has 0 atom stereocenters. The number of rotatable bonds is 9. The molecule has 0 bridgehead atoms. The maximum Gasteiger partial charge on any atom is 0.338 e. The van der Waals surface area contributed by atoms with E-state index >= 15 is 0 Å². The summed E-state index contributed by atoms with van der Waals surface area (Å²) >= 11 is 0. The summed E-state index contributed by atoms with van der Waals surface area (Å²) in [5, 5.41) is 8.69. The van der Waals surface area contributed by atoms with Gasteiger partial charge in [-0.1, -0.05) is 18.9 Å². The molecule has 0 fully saturated rings. The Morgan fingerprint density at radius 2 is 2.05 bits per heavy atom. The zero-order chi connectivity index (χ0) is 14.1. The zero-order valence-electron chi connectivity index (χ0n) is 10.9. The van der Waals surface area contributed by atoms with Crippen molar-refractivity contribution < 1.29 is 19.0 Å². The number of allylic oxidation sites excluding steroid dienone is 1. The fraction of sp³-hybridized carbons (Fsp3) is 0.400. The van der Waals surface area contributed by atoms with E-state index in [4.69, 9.17) is 9.84 Å². The van der Waals surface area contributed by atoms with E-state index in [1.54, 1.807) is 0 Å². The van der Waals surface area contributed by atoms with Crippen LogP contribution < -0.4 is 4.74 Å². The number of aromatic carboxylic acids is 1. The van der Waals surface area contributed by atoms with E-state index < -0.39 is 11.8 Å². The van der Waals surface area contributed by atoms with Crippen LogP contribution in [-0.2, 0) is 0 Å². The first-order chi connectivity index (χ1) is 9.15. The van der Waals surface area contributed by atoms with Crippen molar-refractivity contribution in [1.29, 1.82) is 0 Å². The van der Waals surface area contributed by atoms with E-state index in [1.165, 1.54) is 12.1 Å². The van der Waals surface area contributed by atoms with E-state index in [0.717, 1.165) is 38.2 Å². The van der Waals surface area contributed by atoms with Gasteiger partial charge in [-0.2, -0.15) is 0 Å². The van der Waals surface area contributed by atoms with Crippen LogP contribution in [0.4, 0.5) is 4.39 Å². The SMILES string of the molecule is C=CCCCCCCOc1ccc(C(=O)O)c(F)c1. The first kappa shape index (κ1) is 15.2. The highest BCUT2D eigenvalue weighted by Crippen LogP contribution is 2.17. The van der Waals surface area contributed by atoms with Gasteiger partial charge in [0.2, 0.25) is 0 Å². The van der Waals surface area contributed by atoms with Crippen LogP contribution in [0.25, 0.3) is 0 Å². The molecule has 1 rings (SSSR count). The number of carbonyl (C=O) groups is 1. The molecule has 3 nitrogen and oxygen atoms in total. The zero-order valence-corrected chi connectivity index (χ0v) is 10.9.